The third kappa shape index (κ3) is 4.62. The molecule has 5 aromatic heterocycles. The van der Waals surface area contributed by atoms with Crippen molar-refractivity contribution in [3.8, 4) is 33.8 Å². The fourth-order valence-corrected chi connectivity index (χ4v) is 4.85. The van der Waals surface area contributed by atoms with E-state index in [0.29, 0.717) is 12.2 Å². The molecular formula is C28H24FN7S. The van der Waals surface area contributed by atoms with Crippen LogP contribution in [0.1, 0.15) is 5.56 Å². The van der Waals surface area contributed by atoms with Crippen molar-refractivity contribution in [3.05, 3.63) is 84.7 Å². The van der Waals surface area contributed by atoms with Gasteiger partial charge in [0.25, 0.3) is 0 Å². The van der Waals surface area contributed by atoms with Crippen LogP contribution in [0.25, 0.3) is 55.7 Å². The average Bonchev–Trinajstić information content (AvgIpc) is 3.51. The van der Waals surface area contributed by atoms with Crippen LogP contribution in [0.15, 0.2) is 73.3 Å². The third-order valence-corrected chi connectivity index (χ3v) is 6.90. The number of nitrogens with one attached hydrogen (secondary N) is 3. The van der Waals surface area contributed by atoms with Gasteiger partial charge in [0.15, 0.2) is 0 Å². The summed E-state index contributed by atoms with van der Waals surface area (Å²) in [6, 6.07) is 14.8. The number of aromatic amines is 2. The molecular weight excluding hydrogens is 485 g/mol. The molecule has 6 aromatic rings. The van der Waals surface area contributed by atoms with Crippen LogP contribution in [-0.4, -0.2) is 48.1 Å². The Bertz CT molecular complexity index is 1870. The van der Waals surface area contributed by atoms with Gasteiger partial charge >= 0.3 is 0 Å². The highest BCUT2D eigenvalue weighted by molar-refractivity contribution is 8.25. The highest BCUT2D eigenvalue weighted by Crippen LogP contribution is 2.34. The maximum Gasteiger partial charge on any atom is 0.135 e. The summed E-state index contributed by atoms with van der Waals surface area (Å²) in [4.78, 5) is 16.9. The molecule has 37 heavy (non-hydrogen) atoms. The molecule has 0 amide bonds. The Hall–Kier alpha value is -4.34. The molecule has 0 aliphatic rings. The lowest BCUT2D eigenvalue weighted by atomic mass is 10.0. The van der Waals surface area contributed by atoms with Crippen LogP contribution < -0.4 is 4.72 Å². The van der Waals surface area contributed by atoms with Crippen molar-refractivity contribution in [2.75, 3.05) is 6.26 Å². The van der Waals surface area contributed by atoms with E-state index in [2.05, 4.69) is 41.6 Å². The summed E-state index contributed by atoms with van der Waals surface area (Å²) in [5, 5.41) is 8.53. The van der Waals surface area contributed by atoms with Gasteiger partial charge in [0.05, 0.1) is 28.6 Å². The Kier molecular flexibility index (Phi) is 5.58. The number of benzene rings is 1. The summed E-state index contributed by atoms with van der Waals surface area (Å²) >= 11 is 0. The van der Waals surface area contributed by atoms with Gasteiger partial charge in [0, 0.05) is 41.6 Å². The minimum absolute atomic E-state index is 0.308. The number of H-pyrrole nitrogens is 2. The summed E-state index contributed by atoms with van der Waals surface area (Å²) in [5.41, 5.74) is 8.00. The van der Waals surface area contributed by atoms with Crippen molar-refractivity contribution in [2.45, 2.75) is 6.54 Å². The Balaban J connectivity index is 1.44. The van der Waals surface area contributed by atoms with E-state index in [0.717, 1.165) is 55.6 Å². The van der Waals surface area contributed by atoms with Gasteiger partial charge in [-0.2, -0.15) is 14.5 Å². The van der Waals surface area contributed by atoms with Crippen LogP contribution in [0.2, 0.25) is 0 Å². The van der Waals surface area contributed by atoms with Crippen LogP contribution in [0, 0.1) is 5.82 Å². The normalized spacial score (nSPS) is 11.9. The first-order valence-electron chi connectivity index (χ1n) is 11.6. The summed E-state index contributed by atoms with van der Waals surface area (Å²) in [6.45, 7) is 0.482. The maximum absolute atomic E-state index is 14.6. The quantitative estimate of drug-likeness (QED) is 0.251. The van der Waals surface area contributed by atoms with Gasteiger partial charge < -0.3 is 4.98 Å². The molecule has 0 aliphatic carbocycles. The summed E-state index contributed by atoms with van der Waals surface area (Å²) in [6.07, 6.45) is 8.98. The molecule has 0 saturated carbocycles. The summed E-state index contributed by atoms with van der Waals surface area (Å²) in [7, 11) is -1.42. The molecule has 0 spiro atoms. The molecule has 0 unspecified atom stereocenters. The van der Waals surface area contributed by atoms with Gasteiger partial charge in [0.2, 0.25) is 0 Å². The van der Waals surface area contributed by atoms with Crippen molar-refractivity contribution >= 4 is 43.1 Å². The molecule has 0 bridgehead atoms. The maximum atomic E-state index is 14.6. The lowest BCUT2D eigenvalue weighted by molar-refractivity contribution is 0.625. The first kappa shape index (κ1) is 23.1. The molecule has 0 aliphatic heterocycles. The first-order valence-corrected chi connectivity index (χ1v) is 13.9. The second-order valence-electron chi connectivity index (χ2n) is 9.18. The van der Waals surface area contributed by atoms with E-state index < -0.39 is 9.39 Å². The predicted molar refractivity (Wildman–Crippen MR) is 152 cm³/mol. The van der Waals surface area contributed by atoms with E-state index in [-0.39, 0.29) is 5.82 Å². The van der Waals surface area contributed by atoms with E-state index in [1.54, 1.807) is 24.8 Å². The van der Waals surface area contributed by atoms with Crippen molar-refractivity contribution in [1.29, 1.82) is 0 Å². The molecule has 9 heteroatoms. The molecule has 1 aromatic carbocycles. The fourth-order valence-electron chi connectivity index (χ4n) is 4.34. The second-order valence-corrected chi connectivity index (χ2v) is 12.0. The van der Waals surface area contributed by atoms with Crippen LogP contribution in [-0.2, 0) is 6.54 Å². The number of pyridine rings is 3. The second kappa shape index (κ2) is 8.95. The fraction of sp³-hybridized carbons (Fsp3) is 0.0714. The van der Waals surface area contributed by atoms with E-state index in [1.807, 2.05) is 42.7 Å². The summed E-state index contributed by atoms with van der Waals surface area (Å²) < 4.78 is 17.9. The largest absolute Gasteiger partial charge is 0.352 e. The number of rotatable bonds is 6. The van der Waals surface area contributed by atoms with Crippen LogP contribution in [0.5, 0.6) is 0 Å². The van der Waals surface area contributed by atoms with E-state index in [1.165, 1.54) is 12.1 Å². The topological polar surface area (TPSA) is 95.2 Å². The Morgan fingerprint density at radius 1 is 0.973 bits per heavy atom. The molecule has 6 rings (SSSR count). The SMILES string of the molecule is C=S(=C)(C)NCc1cc(F)cc(-c2cncc3[nH]c(-c4n[nH]c5ccc(-c6cccnc6)nc45)cc23)c1. The summed E-state index contributed by atoms with van der Waals surface area (Å²) in [5.74, 6) is 7.77. The zero-order chi connectivity index (χ0) is 25.6. The van der Waals surface area contributed by atoms with Crippen LogP contribution >= 0.6 is 9.39 Å². The van der Waals surface area contributed by atoms with Crippen molar-refractivity contribution < 1.29 is 4.39 Å². The number of aromatic nitrogens is 6. The molecule has 5 heterocycles. The van der Waals surface area contributed by atoms with Crippen LogP contribution in [0.4, 0.5) is 4.39 Å². The van der Waals surface area contributed by atoms with Gasteiger partial charge in [-0.3, -0.25) is 19.8 Å². The molecule has 0 fully saturated rings. The zero-order valence-electron chi connectivity index (χ0n) is 20.1. The number of hydrogen-bond donors (Lipinski definition) is 3. The minimum Gasteiger partial charge on any atom is -0.352 e. The van der Waals surface area contributed by atoms with Gasteiger partial charge in [-0.1, -0.05) is 11.7 Å². The smallest absolute Gasteiger partial charge is 0.135 e. The minimum atomic E-state index is -1.42. The Labute approximate surface area is 213 Å². The van der Waals surface area contributed by atoms with E-state index >= 15 is 0 Å². The lowest BCUT2D eigenvalue weighted by Crippen LogP contribution is -2.08. The zero-order valence-corrected chi connectivity index (χ0v) is 20.9. The molecule has 7 nitrogen and oxygen atoms in total. The van der Waals surface area contributed by atoms with Crippen molar-refractivity contribution in [2.24, 2.45) is 0 Å². The molecule has 0 saturated heterocycles. The highest BCUT2D eigenvalue weighted by Gasteiger charge is 2.16. The van der Waals surface area contributed by atoms with Crippen molar-refractivity contribution in [3.63, 3.8) is 0 Å². The first-order chi connectivity index (χ1) is 17.8. The monoisotopic (exact) mass is 509 g/mol. The standard InChI is InChI=1S/C28H24FN7S/c1-37(2,3)32-13-17-9-19(11-20(29)10-17)22-15-31-16-26-21(22)12-25(33-26)28-27-24(35-36-28)7-6-23(34-27)18-5-4-8-30-14-18/h4-12,14-16,32-33H,1-2,13H2,3H3,(H,35,36). The predicted octanol–water partition coefficient (Wildman–Crippen LogP) is 5.67. The number of nitrogens with zero attached hydrogens (tertiary/aromatic N) is 4. The van der Waals surface area contributed by atoms with Crippen molar-refractivity contribution in [1.82, 2.24) is 34.9 Å². The van der Waals surface area contributed by atoms with Gasteiger partial charge in [0.1, 0.15) is 17.0 Å². The average molecular weight is 510 g/mol. The molecule has 0 atom stereocenters. The van der Waals surface area contributed by atoms with E-state index in [9.17, 15) is 4.39 Å². The molecule has 3 N–H and O–H groups in total. The molecule has 184 valence electrons. The molecule has 0 radical (unpaired) electrons. The number of halogens is 1. The van der Waals surface area contributed by atoms with Crippen LogP contribution in [0.3, 0.4) is 0 Å². The van der Waals surface area contributed by atoms with Gasteiger partial charge in [-0.25, -0.2) is 9.37 Å². The number of fused-ring (bicyclic) bond motifs is 2. The Morgan fingerprint density at radius 3 is 2.68 bits per heavy atom. The van der Waals surface area contributed by atoms with Gasteiger partial charge in [-0.15, -0.1) is 0 Å². The Morgan fingerprint density at radius 2 is 1.86 bits per heavy atom. The van der Waals surface area contributed by atoms with Gasteiger partial charge in [-0.05, 0) is 65.9 Å². The number of hydrogen-bond acceptors (Lipinski definition) is 5. The highest BCUT2D eigenvalue weighted by atomic mass is 32.2. The van der Waals surface area contributed by atoms with E-state index in [4.69, 9.17) is 4.98 Å². The third-order valence-electron chi connectivity index (χ3n) is 6.06. The lowest BCUT2D eigenvalue weighted by Gasteiger charge is -2.12.